The number of pyridine rings is 2. The Bertz CT molecular complexity index is 3090. The van der Waals surface area contributed by atoms with Crippen molar-refractivity contribution in [3.63, 3.8) is 0 Å². The number of nitrogens with zero attached hydrogens (tertiary/aromatic N) is 3. The van der Waals surface area contributed by atoms with Crippen LogP contribution >= 0.6 is 0 Å². The Morgan fingerprint density at radius 3 is 1.27 bits per heavy atom. The first-order valence-electron chi connectivity index (χ1n) is 22.0. The highest BCUT2D eigenvalue weighted by atomic mass is 15.0. The highest BCUT2D eigenvalue weighted by Gasteiger charge is 2.57. The van der Waals surface area contributed by atoms with Crippen molar-refractivity contribution in [2.24, 2.45) is 0 Å². The highest BCUT2D eigenvalue weighted by molar-refractivity contribution is 6.32. The monoisotopic (exact) mass is 771 g/mol. The second-order valence-electron chi connectivity index (χ2n) is 23.1. The summed E-state index contributed by atoms with van der Waals surface area (Å²) in [4.78, 5) is 11.0. The number of benzene rings is 4. The van der Waals surface area contributed by atoms with Crippen LogP contribution in [0, 0.1) is 0 Å². The molecule has 8 aromatic rings. The van der Waals surface area contributed by atoms with Crippen molar-refractivity contribution < 1.29 is 0 Å². The summed E-state index contributed by atoms with van der Waals surface area (Å²) >= 11 is 0. The molecule has 4 aliphatic rings. The molecule has 4 aliphatic carbocycles. The van der Waals surface area contributed by atoms with E-state index < -0.39 is 0 Å². The fourth-order valence-corrected chi connectivity index (χ4v) is 13.0. The predicted octanol–water partition coefficient (Wildman–Crippen LogP) is 14.3. The molecule has 0 atom stereocenters. The minimum atomic E-state index is -0.236. The van der Waals surface area contributed by atoms with Gasteiger partial charge in [0.15, 0.2) is 0 Å². The van der Waals surface area contributed by atoms with Crippen LogP contribution in [0.25, 0.3) is 71.5 Å². The fourth-order valence-electron chi connectivity index (χ4n) is 13.0. The van der Waals surface area contributed by atoms with Gasteiger partial charge in [-0.2, -0.15) is 0 Å². The van der Waals surface area contributed by atoms with Crippen molar-refractivity contribution in [2.45, 2.75) is 142 Å². The summed E-state index contributed by atoms with van der Waals surface area (Å²) in [6.45, 7) is 37.0. The maximum atomic E-state index is 5.50. The molecule has 0 radical (unpaired) electrons. The van der Waals surface area contributed by atoms with Crippen molar-refractivity contribution >= 4 is 38.1 Å². The van der Waals surface area contributed by atoms with Crippen LogP contribution in [0.1, 0.15) is 154 Å². The minimum Gasteiger partial charge on any atom is -0.305 e. The third kappa shape index (κ3) is 3.62. The zero-order chi connectivity index (χ0) is 41.7. The molecule has 0 N–H and O–H groups in total. The Kier molecular flexibility index (Phi) is 6.05. The summed E-state index contributed by atoms with van der Waals surface area (Å²) in [5.74, 6) is 0. The molecule has 3 nitrogen and oxygen atoms in total. The average molecular weight is 772 g/mol. The predicted molar refractivity (Wildman–Crippen MR) is 248 cm³/mol. The number of aromatic nitrogens is 3. The Morgan fingerprint density at radius 2 is 0.864 bits per heavy atom. The van der Waals surface area contributed by atoms with Gasteiger partial charge in [0.2, 0.25) is 0 Å². The van der Waals surface area contributed by atoms with Gasteiger partial charge in [0, 0.05) is 54.3 Å². The lowest BCUT2D eigenvalue weighted by Crippen LogP contribution is -2.50. The molecular weight excluding hydrogens is 715 g/mol. The van der Waals surface area contributed by atoms with E-state index in [4.69, 9.17) is 9.97 Å². The molecule has 0 saturated heterocycles. The molecule has 59 heavy (non-hydrogen) atoms. The lowest BCUT2D eigenvalue weighted by molar-refractivity contribution is 0.278. The maximum Gasteiger partial charge on any atom is 0.0732 e. The normalized spacial score (nSPS) is 20.3. The van der Waals surface area contributed by atoms with Crippen LogP contribution in [-0.4, -0.2) is 14.4 Å². The van der Waals surface area contributed by atoms with Crippen LogP contribution in [-0.2, 0) is 37.9 Å². The third-order valence-corrected chi connectivity index (χ3v) is 17.7. The number of rotatable bonds is 0. The van der Waals surface area contributed by atoms with E-state index >= 15 is 0 Å². The minimum absolute atomic E-state index is 0.0123. The molecule has 296 valence electrons. The molecule has 3 heteroatoms. The molecule has 0 spiro atoms. The van der Waals surface area contributed by atoms with Crippen molar-refractivity contribution in [2.75, 3.05) is 0 Å². The van der Waals surface area contributed by atoms with Gasteiger partial charge in [0.1, 0.15) is 0 Å². The van der Waals surface area contributed by atoms with Crippen molar-refractivity contribution in [1.82, 2.24) is 14.4 Å². The summed E-state index contributed by atoms with van der Waals surface area (Å²) in [5.41, 5.74) is 23.3. The van der Waals surface area contributed by atoms with Gasteiger partial charge >= 0.3 is 0 Å². The molecule has 0 aliphatic heterocycles. The van der Waals surface area contributed by atoms with E-state index in [1.165, 1.54) is 122 Å². The molecule has 12 rings (SSSR count). The Morgan fingerprint density at radius 1 is 0.458 bits per heavy atom. The summed E-state index contributed by atoms with van der Waals surface area (Å²) in [7, 11) is 0. The largest absolute Gasteiger partial charge is 0.305 e. The highest BCUT2D eigenvalue weighted by Crippen LogP contribution is 2.69. The first-order chi connectivity index (χ1) is 27.5. The molecule has 0 fully saturated rings. The summed E-state index contributed by atoms with van der Waals surface area (Å²) in [6, 6.07) is 23.5. The topological polar surface area (TPSA) is 30.2 Å². The standard InChI is InChI=1S/C56H57N3/c1-50(2,3)28-24-33-39-34(25-28)54(10,11)56(14,15)46-42(39)45(55(12,13)53(33,8)9)43-40-35(26-57-48-37(40)29-20-16-18-22-31(29)51(48,4)5)59-36-27-58-49-38(41(36)44(46)47(43)59)30-21-17-19-23-32(30)52(49,6)7/h16-27H,1-15H3. The van der Waals surface area contributed by atoms with Crippen LogP contribution in [0.15, 0.2) is 73.1 Å². The zero-order valence-electron chi connectivity index (χ0n) is 37.8. The van der Waals surface area contributed by atoms with Crippen LogP contribution in [0.5, 0.6) is 0 Å². The Hall–Kier alpha value is -5.02. The van der Waals surface area contributed by atoms with Gasteiger partial charge in [-0.3, -0.25) is 9.97 Å². The summed E-state index contributed by atoms with van der Waals surface area (Å²) < 4.78 is 2.62. The quantitative estimate of drug-likeness (QED) is 0.154. The number of hydrogen-bond donors (Lipinski definition) is 0. The third-order valence-electron chi connectivity index (χ3n) is 17.7. The van der Waals surface area contributed by atoms with Crippen LogP contribution in [0.2, 0.25) is 0 Å². The Labute approximate surface area is 349 Å². The average Bonchev–Trinajstić information content (AvgIpc) is 3.83. The molecule has 0 saturated carbocycles. The lowest BCUT2D eigenvalue weighted by atomic mass is 9.46. The fraction of sp³-hybridized carbons (Fsp3) is 0.393. The van der Waals surface area contributed by atoms with E-state index in [1.54, 1.807) is 0 Å². The van der Waals surface area contributed by atoms with E-state index in [0.29, 0.717) is 0 Å². The van der Waals surface area contributed by atoms with Crippen molar-refractivity contribution in [3.05, 3.63) is 123 Å². The molecular formula is C56H57N3. The van der Waals surface area contributed by atoms with Crippen molar-refractivity contribution in [1.29, 1.82) is 0 Å². The first-order valence-corrected chi connectivity index (χ1v) is 22.0. The molecule has 4 aromatic heterocycles. The summed E-state index contributed by atoms with van der Waals surface area (Å²) in [6.07, 6.45) is 4.45. The lowest BCUT2D eigenvalue weighted by Gasteiger charge is -2.57. The Balaban J connectivity index is 1.44. The SMILES string of the molecule is CC(C)(C)c1cc2c3c(c1)C(C)(C)C(C)(C)c1c-3c(c3c4c5c(ncc4n4c6cnc7c(c6c1c34)-c1ccccc1C7(C)C)C(C)(C)c1ccccc1-5)C(C)(C)C2(C)C. The number of hydrogen-bond acceptors (Lipinski definition) is 2. The molecule has 0 unspecified atom stereocenters. The smallest absolute Gasteiger partial charge is 0.0732 e. The summed E-state index contributed by atoms with van der Waals surface area (Å²) in [5, 5.41) is 5.55. The number of fused-ring (bicyclic) bond motifs is 16. The molecule has 0 bridgehead atoms. The van der Waals surface area contributed by atoms with E-state index in [0.717, 1.165) is 0 Å². The van der Waals surface area contributed by atoms with Gasteiger partial charge in [0.05, 0.1) is 40.3 Å². The van der Waals surface area contributed by atoms with Gasteiger partial charge in [-0.05, 0) is 77.4 Å². The molecule has 4 aromatic carbocycles. The van der Waals surface area contributed by atoms with Gasteiger partial charge < -0.3 is 4.40 Å². The van der Waals surface area contributed by atoms with Gasteiger partial charge in [0.25, 0.3) is 0 Å². The van der Waals surface area contributed by atoms with E-state index in [1.807, 2.05) is 0 Å². The van der Waals surface area contributed by atoms with Gasteiger partial charge in [-0.25, -0.2) is 0 Å². The zero-order valence-corrected chi connectivity index (χ0v) is 37.8. The van der Waals surface area contributed by atoms with Crippen LogP contribution in [0.4, 0.5) is 0 Å². The molecule has 4 heterocycles. The second-order valence-corrected chi connectivity index (χ2v) is 23.1. The van der Waals surface area contributed by atoms with E-state index in [-0.39, 0.29) is 37.9 Å². The van der Waals surface area contributed by atoms with Gasteiger partial charge in [-0.1, -0.05) is 165 Å². The molecule has 0 amide bonds. The first kappa shape index (κ1) is 35.9. The van der Waals surface area contributed by atoms with Crippen LogP contribution in [0.3, 0.4) is 0 Å². The van der Waals surface area contributed by atoms with Gasteiger partial charge in [-0.15, -0.1) is 0 Å². The maximum absolute atomic E-state index is 5.50. The van der Waals surface area contributed by atoms with E-state index in [9.17, 15) is 0 Å². The second kappa shape index (κ2) is 9.94. The van der Waals surface area contributed by atoms with Crippen LogP contribution < -0.4 is 0 Å². The van der Waals surface area contributed by atoms with Crippen molar-refractivity contribution in [3.8, 4) is 33.4 Å². The van der Waals surface area contributed by atoms with E-state index in [2.05, 4.69) is 181 Å².